The number of nitrogen functional groups attached to an aromatic ring is 2. The number of benzene rings is 4. The van der Waals surface area contributed by atoms with Gasteiger partial charge in [0.1, 0.15) is 0 Å². The monoisotopic (exact) mass is 720 g/mol. The predicted molar refractivity (Wildman–Crippen MR) is 183 cm³/mol. The first kappa shape index (κ1) is 34.5. The van der Waals surface area contributed by atoms with Gasteiger partial charge in [0.05, 0.1) is 20.9 Å². The Morgan fingerprint density at radius 2 is 1.17 bits per heavy atom. The third-order valence-electron chi connectivity index (χ3n) is 8.53. The van der Waals surface area contributed by atoms with Crippen molar-refractivity contribution in [2.24, 2.45) is 10.3 Å². The molecule has 0 saturated carbocycles. The van der Waals surface area contributed by atoms with Crippen molar-refractivity contribution in [3.8, 4) is 11.1 Å². The number of primary sulfonamides is 2. The van der Waals surface area contributed by atoms with Crippen LogP contribution in [0.1, 0.15) is 44.5 Å². The van der Waals surface area contributed by atoms with Gasteiger partial charge in [0.15, 0.2) is 0 Å². The number of sulfonamides is 2. The van der Waals surface area contributed by atoms with Crippen LogP contribution in [-0.4, -0.2) is 34.4 Å². The van der Waals surface area contributed by atoms with E-state index in [1.165, 1.54) is 43.3 Å². The lowest BCUT2D eigenvalue weighted by atomic mass is 9.65. The molecule has 0 saturated heterocycles. The van der Waals surface area contributed by atoms with Crippen LogP contribution in [0.2, 0.25) is 0 Å². The number of aryl methyl sites for hydroxylation is 2. The fraction of sp³-hybridized carbons (Fsp3) is 0.172. The van der Waals surface area contributed by atoms with Crippen LogP contribution in [0.25, 0.3) is 11.1 Å². The van der Waals surface area contributed by atoms with Crippen LogP contribution in [0.5, 0.6) is 0 Å². The lowest BCUT2D eigenvalue weighted by molar-refractivity contribution is 0.568. The summed E-state index contributed by atoms with van der Waals surface area (Å²) in [6.45, 7) is 6.41. The third-order valence-corrected chi connectivity index (χ3v) is 11.3. The van der Waals surface area contributed by atoms with E-state index in [0.717, 1.165) is 0 Å². The van der Waals surface area contributed by atoms with Gasteiger partial charge in [0.2, 0.25) is 20.0 Å². The van der Waals surface area contributed by atoms with Gasteiger partial charge in [0.25, 0.3) is 22.5 Å². The molecule has 0 spiro atoms. The summed E-state index contributed by atoms with van der Waals surface area (Å²) in [4.78, 5) is -0.693. The van der Waals surface area contributed by atoms with Gasteiger partial charge in [-0.1, -0.05) is 24.3 Å². The second-order valence-electron chi connectivity index (χ2n) is 11.3. The minimum Gasteiger partial charge on any atom is -0.398 e. The molecule has 0 heterocycles. The Bertz CT molecular complexity index is 2290. The number of nitrogens with one attached hydrogen (secondary N) is 2. The van der Waals surface area contributed by atoms with Crippen LogP contribution in [0.3, 0.4) is 0 Å². The summed E-state index contributed by atoms with van der Waals surface area (Å²) in [6, 6.07) is 11.9. The summed E-state index contributed by atoms with van der Waals surface area (Å²) >= 11 is -5.20. The van der Waals surface area contributed by atoms with Gasteiger partial charge in [-0.25, -0.2) is 35.5 Å². The highest BCUT2D eigenvalue weighted by Crippen LogP contribution is 2.60. The third kappa shape index (κ3) is 5.59. The highest BCUT2D eigenvalue weighted by atomic mass is 32.2. The molecule has 0 fully saturated rings. The molecule has 1 aliphatic rings. The van der Waals surface area contributed by atoms with Gasteiger partial charge in [-0.15, -0.1) is 0 Å². The number of rotatable bonds is 8. The predicted octanol–water partition coefficient (Wildman–Crippen LogP) is 2.84. The first-order chi connectivity index (χ1) is 21.7. The van der Waals surface area contributed by atoms with Crippen LogP contribution in [0, 0.1) is 27.7 Å². The maximum absolute atomic E-state index is 13.6. The quantitative estimate of drug-likeness (QED) is 0.0857. The van der Waals surface area contributed by atoms with E-state index in [9.17, 15) is 34.4 Å². The van der Waals surface area contributed by atoms with E-state index >= 15 is 0 Å². The molecule has 18 heteroatoms. The van der Waals surface area contributed by atoms with Crippen molar-refractivity contribution in [3.63, 3.8) is 0 Å². The van der Waals surface area contributed by atoms with E-state index in [1.54, 1.807) is 32.9 Å². The van der Waals surface area contributed by atoms with E-state index in [0.29, 0.717) is 33.4 Å². The maximum atomic E-state index is 13.6. The molecule has 3 unspecified atom stereocenters. The molecular weight excluding hydrogens is 689 g/mol. The fourth-order valence-electron chi connectivity index (χ4n) is 6.51. The summed E-state index contributed by atoms with van der Waals surface area (Å²) in [5, 5.41) is 11.5. The molecule has 4 aromatic rings. The molecule has 5 rings (SSSR count). The van der Waals surface area contributed by atoms with E-state index in [2.05, 4.69) is 9.44 Å². The molecule has 0 aliphatic heterocycles. The second-order valence-corrected chi connectivity index (χ2v) is 15.7. The largest absolute Gasteiger partial charge is 0.398 e. The Labute approximate surface area is 276 Å². The van der Waals surface area contributed by atoms with Gasteiger partial charge >= 0.3 is 0 Å². The summed E-state index contributed by atoms with van der Waals surface area (Å²) in [6.07, 6.45) is 0. The molecule has 4 aromatic carbocycles. The van der Waals surface area contributed by atoms with Crippen LogP contribution in [-0.2, 0) is 48.0 Å². The van der Waals surface area contributed by atoms with E-state index < -0.39 is 48.0 Å². The van der Waals surface area contributed by atoms with Crippen molar-refractivity contribution < 1.29 is 34.4 Å². The van der Waals surface area contributed by atoms with Crippen LogP contribution in [0.4, 0.5) is 22.7 Å². The Morgan fingerprint density at radius 3 is 1.70 bits per heavy atom. The summed E-state index contributed by atoms with van der Waals surface area (Å²) in [5.74, 6) is 0. The molecule has 14 nitrogen and oxygen atoms in total. The Morgan fingerprint density at radius 1 is 0.660 bits per heavy atom. The van der Waals surface area contributed by atoms with Gasteiger partial charge in [-0.3, -0.25) is 18.5 Å². The molecule has 0 aromatic heterocycles. The van der Waals surface area contributed by atoms with E-state index in [-0.39, 0.29) is 54.8 Å². The number of hydrogen-bond acceptors (Lipinski definition) is 8. The normalized spacial score (nSPS) is 17.1. The summed E-state index contributed by atoms with van der Waals surface area (Å²) in [7, 11) is -8.94. The summed E-state index contributed by atoms with van der Waals surface area (Å²) in [5.41, 5.74) is 14.5. The smallest absolute Gasteiger partial charge is 0.259 e. The average Bonchev–Trinajstić information content (AvgIpc) is 3.23. The lowest BCUT2D eigenvalue weighted by Gasteiger charge is -2.38. The molecule has 0 bridgehead atoms. The molecule has 12 N–H and O–H groups in total. The van der Waals surface area contributed by atoms with E-state index in [4.69, 9.17) is 21.7 Å². The first-order valence-corrected chi connectivity index (χ1v) is 18.9. The Kier molecular flexibility index (Phi) is 8.55. The lowest BCUT2D eigenvalue weighted by Crippen LogP contribution is -2.34. The Hall–Kier alpha value is -3.88. The topological polar surface area (TPSA) is 271 Å². The van der Waals surface area contributed by atoms with Crippen molar-refractivity contribution in [1.82, 2.24) is 0 Å². The van der Waals surface area contributed by atoms with Crippen molar-refractivity contribution in [3.05, 3.63) is 93.0 Å². The maximum Gasteiger partial charge on any atom is 0.259 e. The van der Waals surface area contributed by atoms with E-state index in [1.807, 2.05) is 0 Å². The van der Waals surface area contributed by atoms with Crippen molar-refractivity contribution >= 4 is 65.3 Å². The Balaban J connectivity index is 2.21. The number of anilines is 4. The molecule has 1 aliphatic carbocycles. The summed E-state index contributed by atoms with van der Waals surface area (Å²) < 4.78 is 102. The van der Waals surface area contributed by atoms with Gasteiger partial charge in [-0.05, 0) is 108 Å². The molecule has 3 atom stereocenters. The minimum atomic E-state index is -4.61. The van der Waals surface area contributed by atoms with Gasteiger partial charge in [-0.2, -0.15) is 0 Å². The highest BCUT2D eigenvalue weighted by molar-refractivity contribution is 7.89. The van der Waals surface area contributed by atoms with Crippen LogP contribution in [0.15, 0.2) is 58.3 Å². The fourth-order valence-corrected chi connectivity index (χ4v) is 8.87. The molecule has 250 valence electrons. The average molecular weight is 721 g/mol. The number of nitrogens with two attached hydrogens (primary N) is 4. The number of hydrogen-bond donors (Lipinski definition) is 8. The molecule has 0 amide bonds. The van der Waals surface area contributed by atoms with Gasteiger partial charge < -0.3 is 11.5 Å². The van der Waals surface area contributed by atoms with Crippen LogP contribution >= 0.6 is 0 Å². The standard InChI is InChI=1S/C29H32N6O8S4/c1-13-9-23(27(35-45(38)39)15(3)25(13)30)29(24-10-14(2)26(31)16(4)28(24)47(33,42)43)21-11-17(34-44(36)37)5-7-19(21)20-8-6-18(12-22(20)29)46(32,40)41/h5-12,34-35H,30-31H2,1-4H3,(H,36,37)(H,38,39)(H2,32,40,41)(H2,33,42,43). The first-order valence-electron chi connectivity index (χ1n) is 13.6. The zero-order chi connectivity index (χ0) is 35.0. The molecule has 47 heavy (non-hydrogen) atoms. The zero-order valence-corrected chi connectivity index (χ0v) is 28.7. The van der Waals surface area contributed by atoms with Gasteiger partial charge in [0, 0.05) is 17.1 Å². The highest BCUT2D eigenvalue weighted by Gasteiger charge is 2.51. The zero-order valence-electron chi connectivity index (χ0n) is 25.4. The number of fused-ring (bicyclic) bond motifs is 3. The SMILES string of the molecule is Cc1cc(C2(c3cc(C)c(N)c(C)c3S(N)(=O)=O)c3cc(NS(=O)O)ccc3-c3ccc(S(N)(=O)=O)cc32)c(NS(=O)O)c(C)c1N. The van der Waals surface area contributed by atoms with Crippen molar-refractivity contribution in [1.29, 1.82) is 0 Å². The van der Waals surface area contributed by atoms with Crippen LogP contribution < -0.4 is 31.2 Å². The molecule has 0 radical (unpaired) electrons. The minimum absolute atomic E-state index is 0.0217. The second kappa shape index (κ2) is 11.7. The van der Waals surface area contributed by atoms with Crippen molar-refractivity contribution in [2.45, 2.75) is 42.9 Å². The van der Waals surface area contributed by atoms with Crippen molar-refractivity contribution in [2.75, 3.05) is 20.9 Å². The molecular formula is C29H32N6O8S4.